The fourth-order valence-corrected chi connectivity index (χ4v) is 1.55. The largest absolute Gasteiger partial charge is 0.348 e. The summed E-state index contributed by atoms with van der Waals surface area (Å²) in [7, 11) is 0. The first-order valence-corrected chi connectivity index (χ1v) is 5.25. The van der Waals surface area contributed by atoms with Crippen LogP contribution in [-0.4, -0.2) is 12.5 Å². The highest BCUT2D eigenvalue weighted by Gasteiger charge is 2.06. The Morgan fingerprint density at radius 2 is 2.53 bits per heavy atom. The molecule has 0 unspecified atom stereocenters. The second-order valence-electron chi connectivity index (χ2n) is 2.73. The van der Waals surface area contributed by atoms with Crippen molar-refractivity contribution in [2.45, 2.75) is 0 Å². The Bertz CT molecular complexity index is 412. The minimum absolute atomic E-state index is 0.107. The van der Waals surface area contributed by atoms with E-state index in [1.165, 1.54) is 11.3 Å². The third-order valence-electron chi connectivity index (χ3n) is 1.63. The molecule has 3 nitrogen and oxygen atoms in total. The van der Waals surface area contributed by atoms with Crippen LogP contribution in [0.25, 0.3) is 6.08 Å². The quantitative estimate of drug-likeness (QED) is 0.477. The Kier molecular flexibility index (Phi) is 4.32. The van der Waals surface area contributed by atoms with Crippen molar-refractivity contribution in [1.82, 2.24) is 5.32 Å². The lowest BCUT2D eigenvalue weighted by atomic mass is 10.2. The Labute approximate surface area is 92.4 Å². The number of carbonyl (C=O) groups is 1. The lowest BCUT2D eigenvalue weighted by Gasteiger charge is -1.99. The summed E-state index contributed by atoms with van der Waals surface area (Å²) < 4.78 is 0. The van der Waals surface area contributed by atoms with Crippen molar-refractivity contribution in [3.8, 4) is 6.07 Å². The summed E-state index contributed by atoms with van der Waals surface area (Å²) in [5, 5.41) is 15.1. The van der Waals surface area contributed by atoms with Gasteiger partial charge in [0.1, 0.15) is 11.6 Å². The second kappa shape index (κ2) is 5.78. The van der Waals surface area contributed by atoms with Crippen LogP contribution in [0.15, 0.2) is 35.1 Å². The van der Waals surface area contributed by atoms with E-state index in [1.54, 1.807) is 12.2 Å². The summed E-state index contributed by atoms with van der Waals surface area (Å²) in [5.41, 5.74) is 0.973. The highest BCUT2D eigenvalue weighted by molar-refractivity contribution is 7.08. The van der Waals surface area contributed by atoms with E-state index in [0.29, 0.717) is 6.54 Å². The third kappa shape index (κ3) is 3.41. The van der Waals surface area contributed by atoms with Crippen LogP contribution in [0.5, 0.6) is 0 Å². The van der Waals surface area contributed by atoms with Gasteiger partial charge in [-0.05, 0) is 28.5 Å². The maximum absolute atomic E-state index is 11.4. The fourth-order valence-electron chi connectivity index (χ4n) is 0.932. The zero-order valence-corrected chi connectivity index (χ0v) is 8.88. The van der Waals surface area contributed by atoms with E-state index in [2.05, 4.69) is 11.9 Å². The Morgan fingerprint density at radius 3 is 3.07 bits per heavy atom. The van der Waals surface area contributed by atoms with Gasteiger partial charge >= 0.3 is 0 Å². The number of nitriles is 1. The maximum Gasteiger partial charge on any atom is 0.262 e. The molecule has 0 aliphatic heterocycles. The molecule has 0 saturated heterocycles. The van der Waals surface area contributed by atoms with Crippen molar-refractivity contribution in [3.05, 3.63) is 40.6 Å². The summed E-state index contributed by atoms with van der Waals surface area (Å²) in [6.07, 6.45) is 3.13. The monoisotopic (exact) mass is 218 g/mol. The number of thiophene rings is 1. The molecule has 1 aromatic heterocycles. The molecule has 0 aliphatic carbocycles. The number of carbonyl (C=O) groups excluding carboxylic acids is 1. The number of rotatable bonds is 4. The topological polar surface area (TPSA) is 52.9 Å². The zero-order valence-electron chi connectivity index (χ0n) is 8.06. The highest BCUT2D eigenvalue weighted by atomic mass is 32.1. The van der Waals surface area contributed by atoms with E-state index in [1.807, 2.05) is 22.9 Å². The standard InChI is InChI=1S/C11H10N2OS/c1-2-4-13-11(14)10(7-12)6-9-3-5-15-8-9/h2-3,5-6,8H,1,4H2,(H,13,14)/b10-6+. The van der Waals surface area contributed by atoms with Crippen molar-refractivity contribution in [2.24, 2.45) is 0 Å². The Morgan fingerprint density at radius 1 is 1.73 bits per heavy atom. The molecule has 4 heteroatoms. The van der Waals surface area contributed by atoms with Crippen LogP contribution in [-0.2, 0) is 4.79 Å². The van der Waals surface area contributed by atoms with Crippen molar-refractivity contribution in [2.75, 3.05) is 6.54 Å². The average Bonchev–Trinajstić information content (AvgIpc) is 2.75. The molecular weight excluding hydrogens is 208 g/mol. The van der Waals surface area contributed by atoms with Gasteiger partial charge in [-0.25, -0.2) is 0 Å². The van der Waals surface area contributed by atoms with E-state index in [0.717, 1.165) is 5.56 Å². The summed E-state index contributed by atoms with van der Waals surface area (Å²) in [6.45, 7) is 3.84. The lowest BCUT2D eigenvalue weighted by Crippen LogP contribution is -2.24. The van der Waals surface area contributed by atoms with E-state index in [9.17, 15) is 4.79 Å². The first-order valence-electron chi connectivity index (χ1n) is 4.31. The molecule has 0 bridgehead atoms. The third-order valence-corrected chi connectivity index (χ3v) is 2.33. The minimum atomic E-state index is -0.372. The molecular formula is C11H10N2OS. The van der Waals surface area contributed by atoms with Crippen LogP contribution >= 0.6 is 11.3 Å². The molecule has 76 valence electrons. The van der Waals surface area contributed by atoms with Gasteiger partial charge in [-0.1, -0.05) is 6.08 Å². The van der Waals surface area contributed by atoms with Crippen LogP contribution in [0.4, 0.5) is 0 Å². The number of hydrogen-bond donors (Lipinski definition) is 1. The normalized spacial score (nSPS) is 10.5. The number of amides is 1. The molecule has 0 fully saturated rings. The number of nitrogens with one attached hydrogen (secondary N) is 1. The molecule has 15 heavy (non-hydrogen) atoms. The second-order valence-corrected chi connectivity index (χ2v) is 3.51. The molecule has 0 aliphatic rings. The van der Waals surface area contributed by atoms with E-state index in [-0.39, 0.29) is 11.5 Å². The molecule has 0 spiro atoms. The van der Waals surface area contributed by atoms with Crippen LogP contribution in [0.3, 0.4) is 0 Å². The first-order chi connectivity index (χ1) is 7.27. The van der Waals surface area contributed by atoms with Gasteiger partial charge in [0.2, 0.25) is 0 Å². The summed E-state index contributed by atoms with van der Waals surface area (Å²) in [4.78, 5) is 11.4. The summed E-state index contributed by atoms with van der Waals surface area (Å²) >= 11 is 1.52. The van der Waals surface area contributed by atoms with Gasteiger partial charge in [0.25, 0.3) is 5.91 Å². The molecule has 0 atom stereocenters. The van der Waals surface area contributed by atoms with Crippen LogP contribution in [0.2, 0.25) is 0 Å². The lowest BCUT2D eigenvalue weighted by molar-refractivity contribution is -0.116. The predicted octanol–water partition coefficient (Wildman–Crippen LogP) is 1.96. The van der Waals surface area contributed by atoms with Crippen molar-refractivity contribution in [1.29, 1.82) is 5.26 Å². The van der Waals surface area contributed by atoms with E-state index < -0.39 is 0 Å². The zero-order chi connectivity index (χ0) is 11.1. The molecule has 1 heterocycles. The molecule has 1 aromatic rings. The van der Waals surface area contributed by atoms with E-state index in [4.69, 9.17) is 5.26 Å². The predicted molar refractivity (Wildman–Crippen MR) is 61.1 cm³/mol. The fraction of sp³-hybridized carbons (Fsp3) is 0.0909. The Hall–Kier alpha value is -1.86. The summed E-state index contributed by atoms with van der Waals surface area (Å²) in [6, 6.07) is 3.72. The van der Waals surface area contributed by atoms with Gasteiger partial charge in [0.05, 0.1) is 0 Å². The molecule has 0 radical (unpaired) electrons. The molecule has 1 N–H and O–H groups in total. The summed E-state index contributed by atoms with van der Waals surface area (Å²) in [5.74, 6) is -0.372. The smallest absolute Gasteiger partial charge is 0.262 e. The van der Waals surface area contributed by atoms with Gasteiger partial charge in [0, 0.05) is 6.54 Å². The highest BCUT2D eigenvalue weighted by Crippen LogP contribution is 2.10. The Balaban J connectivity index is 2.76. The van der Waals surface area contributed by atoms with Crippen molar-refractivity contribution >= 4 is 23.3 Å². The first kappa shape index (κ1) is 11.2. The molecule has 1 amide bonds. The maximum atomic E-state index is 11.4. The molecule has 0 aromatic carbocycles. The minimum Gasteiger partial charge on any atom is -0.348 e. The van der Waals surface area contributed by atoms with Crippen LogP contribution in [0.1, 0.15) is 5.56 Å². The van der Waals surface area contributed by atoms with Gasteiger partial charge in [-0.2, -0.15) is 16.6 Å². The number of hydrogen-bond acceptors (Lipinski definition) is 3. The van der Waals surface area contributed by atoms with Gasteiger partial charge in [-0.15, -0.1) is 6.58 Å². The SMILES string of the molecule is C=CCNC(=O)/C(C#N)=C/c1ccsc1. The molecule has 1 rings (SSSR count). The van der Waals surface area contributed by atoms with Crippen molar-refractivity contribution in [3.63, 3.8) is 0 Å². The van der Waals surface area contributed by atoms with Gasteiger partial charge in [0.15, 0.2) is 0 Å². The van der Waals surface area contributed by atoms with E-state index >= 15 is 0 Å². The molecule has 0 saturated carbocycles. The van der Waals surface area contributed by atoms with Crippen molar-refractivity contribution < 1.29 is 4.79 Å². The van der Waals surface area contributed by atoms with Gasteiger partial charge < -0.3 is 5.32 Å². The van der Waals surface area contributed by atoms with Gasteiger partial charge in [-0.3, -0.25) is 4.79 Å². The average molecular weight is 218 g/mol. The van der Waals surface area contributed by atoms with Crippen LogP contribution < -0.4 is 5.32 Å². The number of nitrogens with zero attached hydrogens (tertiary/aromatic N) is 1. The van der Waals surface area contributed by atoms with Crippen LogP contribution in [0, 0.1) is 11.3 Å².